The Kier molecular flexibility index (Phi) is 5.88. The molecule has 0 N–H and O–H groups in total. The van der Waals surface area contributed by atoms with E-state index >= 15 is 0 Å². The molecule has 0 unspecified atom stereocenters. The Morgan fingerprint density at radius 3 is 2.26 bits per heavy atom. The topological polar surface area (TPSA) is 0 Å². The van der Waals surface area contributed by atoms with Crippen molar-refractivity contribution in [1.29, 1.82) is 0 Å². The lowest BCUT2D eigenvalue weighted by atomic mass is 9.92. The maximum absolute atomic E-state index is 4.32. The van der Waals surface area contributed by atoms with Crippen LogP contribution in [0.1, 0.15) is 41.7 Å². The van der Waals surface area contributed by atoms with Crippen LogP contribution in [0.15, 0.2) is 91.5 Å². The summed E-state index contributed by atoms with van der Waals surface area (Å²) in [7, 11) is 0. The molecule has 0 aliphatic carbocycles. The van der Waals surface area contributed by atoms with Crippen LogP contribution in [0, 0.1) is 13.8 Å². The molecule has 3 aromatic carbocycles. The normalized spacial score (nSPS) is 11.7. The summed E-state index contributed by atoms with van der Waals surface area (Å²) in [6.45, 7) is 10.7. The van der Waals surface area contributed by atoms with Gasteiger partial charge in [-0.15, -0.1) is 0 Å². The third kappa shape index (κ3) is 4.54. The smallest absolute Gasteiger partial charge is 0 e. The van der Waals surface area contributed by atoms with Crippen LogP contribution in [0.4, 0.5) is 0 Å². The lowest BCUT2D eigenvalue weighted by molar-refractivity contribution is 1.39. The largest absolute Gasteiger partial charge is 0.0906 e. The van der Waals surface area contributed by atoms with Crippen molar-refractivity contribution in [3.05, 3.63) is 125 Å². The minimum atomic E-state index is 0. The number of allylic oxidation sites excluding steroid dienone is 3. The van der Waals surface area contributed by atoms with Crippen molar-refractivity contribution in [1.82, 2.24) is 0 Å². The van der Waals surface area contributed by atoms with E-state index in [4.69, 9.17) is 0 Å². The Balaban J connectivity index is 0.00000280. The van der Waals surface area contributed by atoms with E-state index in [2.05, 4.69) is 112 Å². The van der Waals surface area contributed by atoms with Crippen LogP contribution in [0.25, 0.3) is 17.2 Å². The molecule has 3 aromatic rings. The van der Waals surface area contributed by atoms with Gasteiger partial charge in [-0.25, -0.2) is 0 Å². The van der Waals surface area contributed by atoms with Gasteiger partial charge in [-0.2, -0.15) is 0 Å². The van der Waals surface area contributed by atoms with E-state index in [0.29, 0.717) is 0 Å². The first-order valence-electron chi connectivity index (χ1n) is 9.35. The van der Waals surface area contributed by atoms with Crippen LogP contribution in [0.3, 0.4) is 0 Å². The third-order valence-corrected chi connectivity index (χ3v) is 4.82. The second-order valence-electron chi connectivity index (χ2n) is 6.87. The molecule has 0 spiro atoms. The van der Waals surface area contributed by atoms with Gasteiger partial charge in [-0.3, -0.25) is 0 Å². The Hall–Kier alpha value is -3.12. The standard InChI is InChI=1S/C27H26.H2/c1-5-24(15-14-23-11-7-6-8-12-23)27-17-16-26(19-21(27)3)22(4)25-13-9-10-20(2)18-25;/h5-19H,4H2,1-3H3;1H/b15-14+,24-5-;. The molecule has 0 heterocycles. The van der Waals surface area contributed by atoms with Gasteiger partial charge in [0.25, 0.3) is 0 Å². The zero-order chi connectivity index (χ0) is 19.2. The number of hydrogen-bond acceptors (Lipinski definition) is 0. The molecule has 0 saturated carbocycles. The van der Waals surface area contributed by atoms with Crippen molar-refractivity contribution in [2.75, 3.05) is 0 Å². The van der Waals surface area contributed by atoms with Gasteiger partial charge >= 0.3 is 0 Å². The van der Waals surface area contributed by atoms with E-state index in [1.54, 1.807) is 0 Å². The van der Waals surface area contributed by atoms with Gasteiger partial charge < -0.3 is 0 Å². The van der Waals surface area contributed by atoms with Gasteiger partial charge in [0.1, 0.15) is 0 Å². The SMILES string of the molecule is C=C(c1cccc(C)c1)c1ccc(C(=C\C)/C=C/c2ccccc2)c(C)c1.[HH]. The Morgan fingerprint density at radius 1 is 0.852 bits per heavy atom. The van der Waals surface area contributed by atoms with Gasteiger partial charge in [0.15, 0.2) is 0 Å². The van der Waals surface area contributed by atoms with Crippen LogP contribution in [0.2, 0.25) is 0 Å². The van der Waals surface area contributed by atoms with Gasteiger partial charge in [0, 0.05) is 1.43 Å². The van der Waals surface area contributed by atoms with Crippen molar-refractivity contribution < 1.29 is 1.43 Å². The van der Waals surface area contributed by atoms with Crippen LogP contribution < -0.4 is 0 Å². The van der Waals surface area contributed by atoms with Crippen LogP contribution in [0.5, 0.6) is 0 Å². The molecular formula is C27H28. The lowest BCUT2D eigenvalue weighted by Gasteiger charge is -2.12. The highest BCUT2D eigenvalue weighted by atomic mass is 14.1. The zero-order valence-corrected chi connectivity index (χ0v) is 16.4. The fraction of sp³-hybridized carbons (Fsp3) is 0.111. The van der Waals surface area contributed by atoms with E-state index in [1.807, 2.05) is 6.07 Å². The van der Waals surface area contributed by atoms with Crippen LogP contribution in [-0.4, -0.2) is 0 Å². The van der Waals surface area contributed by atoms with Crippen molar-refractivity contribution in [3.8, 4) is 0 Å². The fourth-order valence-corrected chi connectivity index (χ4v) is 3.27. The average Bonchev–Trinajstić information content (AvgIpc) is 2.69. The summed E-state index contributed by atoms with van der Waals surface area (Å²) in [6.07, 6.45) is 6.51. The predicted octanol–water partition coefficient (Wildman–Crippen LogP) is 7.73. The highest BCUT2D eigenvalue weighted by molar-refractivity contribution is 5.83. The molecule has 0 radical (unpaired) electrons. The summed E-state index contributed by atoms with van der Waals surface area (Å²) < 4.78 is 0. The summed E-state index contributed by atoms with van der Waals surface area (Å²) in [5.41, 5.74) is 9.61. The van der Waals surface area contributed by atoms with Gasteiger partial charge in [0.05, 0.1) is 0 Å². The van der Waals surface area contributed by atoms with Gasteiger partial charge in [-0.1, -0.05) is 103 Å². The molecule has 3 rings (SSSR count). The summed E-state index contributed by atoms with van der Waals surface area (Å²) >= 11 is 0. The van der Waals surface area contributed by atoms with Crippen molar-refractivity contribution in [2.45, 2.75) is 20.8 Å². The third-order valence-electron chi connectivity index (χ3n) is 4.82. The summed E-state index contributed by atoms with van der Waals surface area (Å²) in [5.74, 6) is 0. The van der Waals surface area contributed by atoms with E-state index < -0.39 is 0 Å². The van der Waals surface area contributed by atoms with E-state index in [0.717, 1.165) is 5.57 Å². The predicted molar refractivity (Wildman–Crippen MR) is 122 cm³/mol. The molecule has 0 aliphatic rings. The van der Waals surface area contributed by atoms with Crippen molar-refractivity contribution >= 4 is 17.2 Å². The first kappa shape index (κ1) is 18.7. The second kappa shape index (κ2) is 8.51. The number of aryl methyl sites for hydroxylation is 2. The van der Waals surface area contributed by atoms with Crippen LogP contribution >= 0.6 is 0 Å². The first-order valence-corrected chi connectivity index (χ1v) is 9.35. The Labute approximate surface area is 164 Å². The average molecular weight is 353 g/mol. The number of rotatable bonds is 5. The molecular weight excluding hydrogens is 324 g/mol. The maximum Gasteiger partial charge on any atom is 0 e. The lowest BCUT2D eigenvalue weighted by Crippen LogP contribution is -1.92. The summed E-state index contributed by atoms with van der Waals surface area (Å²) in [5, 5.41) is 0. The molecule has 0 aromatic heterocycles. The van der Waals surface area contributed by atoms with Crippen molar-refractivity contribution in [2.24, 2.45) is 0 Å². The maximum atomic E-state index is 4.32. The molecule has 27 heavy (non-hydrogen) atoms. The second-order valence-corrected chi connectivity index (χ2v) is 6.87. The molecule has 136 valence electrons. The highest BCUT2D eigenvalue weighted by Gasteiger charge is 2.07. The van der Waals surface area contributed by atoms with E-state index in [1.165, 1.54) is 39.0 Å². The van der Waals surface area contributed by atoms with Crippen LogP contribution in [-0.2, 0) is 0 Å². The summed E-state index contributed by atoms with van der Waals surface area (Å²) in [4.78, 5) is 0. The number of benzene rings is 3. The van der Waals surface area contributed by atoms with Crippen molar-refractivity contribution in [3.63, 3.8) is 0 Å². The zero-order valence-electron chi connectivity index (χ0n) is 16.4. The quantitative estimate of drug-likeness (QED) is 0.412. The minimum Gasteiger partial charge on any atom is -0.0906 e. The molecule has 0 atom stereocenters. The molecule has 0 nitrogen and oxygen atoms in total. The monoisotopic (exact) mass is 352 g/mol. The molecule has 0 aliphatic heterocycles. The van der Waals surface area contributed by atoms with Gasteiger partial charge in [0.2, 0.25) is 0 Å². The fourth-order valence-electron chi connectivity index (χ4n) is 3.27. The molecule has 0 amide bonds. The minimum absolute atomic E-state index is 0. The highest BCUT2D eigenvalue weighted by Crippen LogP contribution is 2.28. The molecule has 0 heteroatoms. The molecule has 0 bridgehead atoms. The number of hydrogen-bond donors (Lipinski definition) is 0. The van der Waals surface area contributed by atoms with E-state index in [-0.39, 0.29) is 1.43 Å². The van der Waals surface area contributed by atoms with E-state index in [9.17, 15) is 0 Å². The summed E-state index contributed by atoms with van der Waals surface area (Å²) in [6, 6.07) is 25.5. The Bertz CT molecular complexity index is 1010. The molecule has 0 fully saturated rings. The Morgan fingerprint density at radius 2 is 1.59 bits per heavy atom. The first-order chi connectivity index (χ1) is 13.1. The molecule has 0 saturated heterocycles. The van der Waals surface area contributed by atoms with Gasteiger partial charge in [-0.05, 0) is 59.7 Å².